The minimum Gasteiger partial charge on any atom is -0.496 e. The number of halogens is 1. The third-order valence-electron chi connectivity index (χ3n) is 2.11. The fourth-order valence-corrected chi connectivity index (χ4v) is 1.50. The maximum absolute atomic E-state index is 13.1. The summed E-state index contributed by atoms with van der Waals surface area (Å²) in [6, 6.07) is 4.45. The Morgan fingerprint density at radius 1 is 1.20 bits per heavy atom. The van der Waals surface area contributed by atoms with Crippen molar-refractivity contribution in [1.29, 1.82) is 0 Å². The van der Waals surface area contributed by atoms with Crippen LogP contribution in [-0.2, 0) is 4.74 Å². The van der Waals surface area contributed by atoms with Crippen molar-refractivity contribution >= 4 is 0 Å². The number of methoxy groups -OCH3 is 1. The number of hydrogen-bond donors (Lipinski definition) is 0. The van der Waals surface area contributed by atoms with E-state index in [1.165, 1.54) is 12.1 Å². The summed E-state index contributed by atoms with van der Waals surface area (Å²) in [6.07, 6.45) is -0.0661. The molecule has 0 unspecified atom stereocenters. The van der Waals surface area contributed by atoms with Crippen LogP contribution in [-0.4, -0.2) is 13.2 Å². The molecule has 3 heteroatoms. The topological polar surface area (TPSA) is 18.5 Å². The molecule has 15 heavy (non-hydrogen) atoms. The number of rotatable bonds is 4. The average molecular weight is 212 g/mol. The van der Waals surface area contributed by atoms with Crippen LogP contribution in [0.2, 0.25) is 0 Å². The fraction of sp³-hybridized carbons (Fsp3) is 0.500. The second kappa shape index (κ2) is 5.12. The molecule has 2 nitrogen and oxygen atoms in total. The fourth-order valence-electron chi connectivity index (χ4n) is 1.50. The molecule has 1 rings (SSSR count). The van der Waals surface area contributed by atoms with Crippen LogP contribution in [0.25, 0.3) is 0 Å². The Morgan fingerprint density at radius 3 is 2.40 bits per heavy atom. The molecule has 0 spiro atoms. The summed E-state index contributed by atoms with van der Waals surface area (Å²) in [6.45, 7) is 5.78. The van der Waals surface area contributed by atoms with Gasteiger partial charge in [-0.1, -0.05) is 0 Å². The van der Waals surface area contributed by atoms with E-state index in [1.54, 1.807) is 13.2 Å². The Labute approximate surface area is 90.0 Å². The molecule has 0 amide bonds. The molecule has 0 aliphatic heterocycles. The zero-order valence-corrected chi connectivity index (χ0v) is 9.58. The summed E-state index contributed by atoms with van der Waals surface area (Å²) in [5.41, 5.74) is 0.742. The lowest BCUT2D eigenvalue weighted by atomic mass is 10.1. The van der Waals surface area contributed by atoms with Crippen molar-refractivity contribution in [3.63, 3.8) is 0 Å². The van der Waals surface area contributed by atoms with E-state index in [4.69, 9.17) is 9.47 Å². The first-order chi connectivity index (χ1) is 7.04. The average Bonchev–Trinajstić information content (AvgIpc) is 2.16. The van der Waals surface area contributed by atoms with Gasteiger partial charge in [-0.25, -0.2) is 4.39 Å². The Bertz CT molecular complexity index is 323. The second-order valence-corrected chi connectivity index (χ2v) is 3.71. The molecule has 0 heterocycles. The van der Waals surface area contributed by atoms with Gasteiger partial charge in [0.2, 0.25) is 0 Å². The molecule has 1 aromatic rings. The van der Waals surface area contributed by atoms with Gasteiger partial charge in [-0.3, -0.25) is 0 Å². The van der Waals surface area contributed by atoms with Crippen LogP contribution in [0.4, 0.5) is 4.39 Å². The summed E-state index contributed by atoms with van der Waals surface area (Å²) < 4.78 is 23.8. The van der Waals surface area contributed by atoms with Crippen LogP contribution in [0.1, 0.15) is 32.4 Å². The predicted octanol–water partition coefficient (Wildman–Crippen LogP) is 3.32. The molecule has 0 aromatic heterocycles. The van der Waals surface area contributed by atoms with Gasteiger partial charge in [0.1, 0.15) is 11.6 Å². The molecule has 0 saturated carbocycles. The number of hydrogen-bond acceptors (Lipinski definition) is 2. The number of ether oxygens (including phenoxy) is 2. The molecule has 1 atom stereocenters. The summed E-state index contributed by atoms with van der Waals surface area (Å²) in [4.78, 5) is 0. The molecule has 0 N–H and O–H groups in total. The van der Waals surface area contributed by atoms with Crippen LogP contribution in [0.5, 0.6) is 5.75 Å². The molecule has 84 valence electrons. The van der Waals surface area contributed by atoms with E-state index in [0.717, 1.165) is 5.56 Å². The Balaban J connectivity index is 2.94. The summed E-state index contributed by atoms with van der Waals surface area (Å²) in [5, 5.41) is 0. The van der Waals surface area contributed by atoms with Gasteiger partial charge in [0.15, 0.2) is 0 Å². The second-order valence-electron chi connectivity index (χ2n) is 3.71. The minimum atomic E-state index is -0.273. The van der Waals surface area contributed by atoms with Crippen molar-refractivity contribution in [2.75, 3.05) is 7.11 Å². The van der Waals surface area contributed by atoms with Crippen molar-refractivity contribution in [3.8, 4) is 5.75 Å². The van der Waals surface area contributed by atoms with E-state index in [1.807, 2.05) is 20.8 Å². The van der Waals surface area contributed by atoms with E-state index in [0.29, 0.717) is 5.75 Å². The minimum absolute atomic E-state index is 0.105. The first-order valence-electron chi connectivity index (χ1n) is 5.03. The SMILES string of the molecule is COc1ccc(F)cc1[C@@H](C)OC(C)C. The Hall–Kier alpha value is -1.09. The van der Waals surface area contributed by atoms with E-state index >= 15 is 0 Å². The van der Waals surface area contributed by atoms with Gasteiger partial charge in [-0.2, -0.15) is 0 Å². The predicted molar refractivity (Wildman–Crippen MR) is 57.6 cm³/mol. The van der Waals surface area contributed by atoms with Crippen LogP contribution in [0, 0.1) is 5.82 Å². The van der Waals surface area contributed by atoms with Crippen molar-refractivity contribution in [2.45, 2.75) is 33.0 Å². The first kappa shape index (κ1) is 12.0. The largest absolute Gasteiger partial charge is 0.496 e. The monoisotopic (exact) mass is 212 g/mol. The van der Waals surface area contributed by atoms with E-state index in [-0.39, 0.29) is 18.0 Å². The summed E-state index contributed by atoms with van der Waals surface area (Å²) in [5.74, 6) is 0.384. The maximum atomic E-state index is 13.1. The molecule has 0 radical (unpaired) electrons. The molecule has 0 aliphatic rings. The Morgan fingerprint density at radius 2 is 1.87 bits per heavy atom. The van der Waals surface area contributed by atoms with Gasteiger partial charge in [-0.05, 0) is 39.0 Å². The molecule has 0 aliphatic carbocycles. The molecule has 0 fully saturated rings. The highest BCUT2D eigenvalue weighted by molar-refractivity contribution is 5.35. The summed E-state index contributed by atoms with van der Waals surface area (Å²) >= 11 is 0. The molecule has 0 saturated heterocycles. The van der Waals surface area contributed by atoms with E-state index in [9.17, 15) is 4.39 Å². The third kappa shape index (κ3) is 3.20. The summed E-state index contributed by atoms with van der Waals surface area (Å²) in [7, 11) is 1.57. The van der Waals surface area contributed by atoms with Gasteiger partial charge in [0.05, 0.1) is 19.3 Å². The quantitative estimate of drug-likeness (QED) is 0.762. The smallest absolute Gasteiger partial charge is 0.124 e. The van der Waals surface area contributed by atoms with Gasteiger partial charge in [0, 0.05) is 5.56 Å². The highest BCUT2D eigenvalue weighted by Crippen LogP contribution is 2.28. The lowest BCUT2D eigenvalue weighted by Gasteiger charge is -2.18. The van der Waals surface area contributed by atoms with Crippen LogP contribution >= 0.6 is 0 Å². The molecule has 0 bridgehead atoms. The first-order valence-corrected chi connectivity index (χ1v) is 5.03. The maximum Gasteiger partial charge on any atom is 0.124 e. The number of benzene rings is 1. The van der Waals surface area contributed by atoms with E-state index < -0.39 is 0 Å². The van der Waals surface area contributed by atoms with Gasteiger partial charge >= 0.3 is 0 Å². The van der Waals surface area contributed by atoms with Gasteiger partial charge < -0.3 is 9.47 Å². The van der Waals surface area contributed by atoms with Crippen LogP contribution in [0.15, 0.2) is 18.2 Å². The standard InChI is InChI=1S/C12H17FO2/c1-8(2)15-9(3)11-7-10(13)5-6-12(11)14-4/h5-9H,1-4H3/t9-/m1/s1. The highest BCUT2D eigenvalue weighted by atomic mass is 19.1. The van der Waals surface area contributed by atoms with Gasteiger partial charge in [-0.15, -0.1) is 0 Å². The third-order valence-corrected chi connectivity index (χ3v) is 2.11. The zero-order chi connectivity index (χ0) is 11.4. The van der Waals surface area contributed by atoms with Crippen LogP contribution < -0.4 is 4.74 Å². The lowest BCUT2D eigenvalue weighted by Crippen LogP contribution is -2.08. The Kier molecular flexibility index (Phi) is 4.09. The molecular formula is C12H17FO2. The van der Waals surface area contributed by atoms with Crippen molar-refractivity contribution in [1.82, 2.24) is 0 Å². The van der Waals surface area contributed by atoms with Crippen LogP contribution in [0.3, 0.4) is 0 Å². The van der Waals surface area contributed by atoms with Crippen molar-refractivity contribution < 1.29 is 13.9 Å². The normalized spacial score (nSPS) is 12.9. The lowest BCUT2D eigenvalue weighted by molar-refractivity contribution is 0.0164. The molecule has 1 aromatic carbocycles. The van der Waals surface area contributed by atoms with Crippen molar-refractivity contribution in [2.24, 2.45) is 0 Å². The van der Waals surface area contributed by atoms with E-state index in [2.05, 4.69) is 0 Å². The highest BCUT2D eigenvalue weighted by Gasteiger charge is 2.14. The zero-order valence-electron chi connectivity index (χ0n) is 9.58. The molecular weight excluding hydrogens is 195 g/mol. The van der Waals surface area contributed by atoms with Gasteiger partial charge in [0.25, 0.3) is 0 Å². The van der Waals surface area contributed by atoms with Crippen molar-refractivity contribution in [3.05, 3.63) is 29.6 Å².